The fourth-order valence-electron chi connectivity index (χ4n) is 1.95. The summed E-state index contributed by atoms with van der Waals surface area (Å²) in [4.78, 5) is 0. The molecule has 1 aromatic rings. The van der Waals surface area contributed by atoms with E-state index in [-0.39, 0.29) is 0 Å². The molecule has 1 saturated heterocycles. The lowest BCUT2D eigenvalue weighted by Crippen LogP contribution is -2.20. The van der Waals surface area contributed by atoms with Crippen molar-refractivity contribution in [3.63, 3.8) is 0 Å². The van der Waals surface area contributed by atoms with Crippen molar-refractivity contribution in [3.05, 3.63) is 34.9 Å². The average Bonchev–Trinajstić information content (AvgIpc) is 2.66. The molecule has 0 amide bonds. The van der Waals surface area contributed by atoms with Gasteiger partial charge in [0.05, 0.1) is 0 Å². The van der Waals surface area contributed by atoms with Gasteiger partial charge in [-0.3, -0.25) is 0 Å². The van der Waals surface area contributed by atoms with Crippen LogP contribution in [0.2, 0.25) is 5.02 Å². The van der Waals surface area contributed by atoms with Gasteiger partial charge in [0.25, 0.3) is 0 Å². The van der Waals surface area contributed by atoms with E-state index in [0.717, 1.165) is 17.3 Å². The fourth-order valence-corrected chi connectivity index (χ4v) is 3.74. The van der Waals surface area contributed by atoms with Crippen LogP contribution in [-0.2, 0) is 0 Å². The lowest BCUT2D eigenvalue weighted by molar-refractivity contribution is 0.534. The molecule has 0 aromatic heterocycles. The van der Waals surface area contributed by atoms with Crippen LogP contribution in [0.1, 0.15) is 11.5 Å². The van der Waals surface area contributed by atoms with Crippen molar-refractivity contribution in [2.75, 3.05) is 18.1 Å². The zero-order chi connectivity index (χ0) is 9.97. The van der Waals surface area contributed by atoms with Gasteiger partial charge in [-0.2, -0.15) is 11.8 Å². The molecule has 0 saturated carbocycles. The number of benzene rings is 1. The van der Waals surface area contributed by atoms with E-state index >= 15 is 0 Å². The molecule has 2 N–H and O–H groups in total. The van der Waals surface area contributed by atoms with Crippen molar-refractivity contribution in [1.82, 2.24) is 0 Å². The second-order valence-corrected chi connectivity index (χ2v) is 5.14. The molecular weight excluding hydrogens is 214 g/mol. The van der Waals surface area contributed by atoms with Crippen molar-refractivity contribution in [3.8, 4) is 0 Å². The standard InChI is InChI=1S/C11H14ClNS/c12-11-4-2-1-3-9(11)10-7-14-6-8(10)5-13/h1-4,8,10H,5-7,13H2. The molecule has 1 aliphatic heterocycles. The number of rotatable bonds is 2. The van der Waals surface area contributed by atoms with Gasteiger partial charge in [-0.05, 0) is 35.8 Å². The number of nitrogens with two attached hydrogens (primary N) is 1. The van der Waals surface area contributed by atoms with Crippen molar-refractivity contribution in [1.29, 1.82) is 0 Å². The Morgan fingerprint density at radius 3 is 2.86 bits per heavy atom. The van der Waals surface area contributed by atoms with Crippen molar-refractivity contribution in [2.45, 2.75) is 5.92 Å². The number of hydrogen-bond donors (Lipinski definition) is 1. The van der Waals surface area contributed by atoms with E-state index < -0.39 is 0 Å². The largest absolute Gasteiger partial charge is 0.330 e. The van der Waals surface area contributed by atoms with Crippen molar-refractivity contribution < 1.29 is 0 Å². The Bertz CT molecular complexity index is 316. The summed E-state index contributed by atoms with van der Waals surface area (Å²) in [5, 5.41) is 0.887. The van der Waals surface area contributed by atoms with E-state index in [9.17, 15) is 0 Å². The maximum absolute atomic E-state index is 6.18. The molecule has 1 aromatic carbocycles. The predicted molar refractivity (Wildman–Crippen MR) is 64.1 cm³/mol. The molecule has 1 nitrogen and oxygen atoms in total. The van der Waals surface area contributed by atoms with E-state index in [1.165, 1.54) is 11.3 Å². The van der Waals surface area contributed by atoms with Gasteiger partial charge in [0.2, 0.25) is 0 Å². The Morgan fingerprint density at radius 2 is 2.14 bits per heavy atom. The van der Waals surface area contributed by atoms with Gasteiger partial charge >= 0.3 is 0 Å². The minimum Gasteiger partial charge on any atom is -0.330 e. The van der Waals surface area contributed by atoms with Crippen LogP contribution in [0.4, 0.5) is 0 Å². The Kier molecular flexibility index (Phi) is 3.37. The third-order valence-corrected chi connectivity index (χ3v) is 4.41. The summed E-state index contributed by atoms with van der Waals surface area (Å²) in [6.07, 6.45) is 0. The summed E-state index contributed by atoms with van der Waals surface area (Å²) in [5.41, 5.74) is 7.03. The molecule has 1 heterocycles. The van der Waals surface area contributed by atoms with Crippen LogP contribution in [-0.4, -0.2) is 18.1 Å². The van der Waals surface area contributed by atoms with Crippen LogP contribution in [0.25, 0.3) is 0 Å². The summed E-state index contributed by atoms with van der Waals surface area (Å²) in [7, 11) is 0. The van der Waals surface area contributed by atoms with E-state index in [2.05, 4.69) is 12.1 Å². The monoisotopic (exact) mass is 227 g/mol. The minimum absolute atomic E-state index is 0.554. The molecule has 2 atom stereocenters. The Hall–Kier alpha value is -0.180. The number of halogens is 1. The molecule has 0 bridgehead atoms. The zero-order valence-electron chi connectivity index (χ0n) is 7.95. The van der Waals surface area contributed by atoms with Crippen LogP contribution < -0.4 is 5.73 Å². The second kappa shape index (κ2) is 4.56. The first-order valence-electron chi connectivity index (χ1n) is 4.85. The second-order valence-electron chi connectivity index (χ2n) is 3.66. The highest BCUT2D eigenvalue weighted by Crippen LogP contribution is 2.39. The highest BCUT2D eigenvalue weighted by atomic mass is 35.5. The fraction of sp³-hybridized carbons (Fsp3) is 0.455. The van der Waals surface area contributed by atoms with E-state index in [1.54, 1.807) is 0 Å². The molecule has 0 radical (unpaired) electrons. The van der Waals surface area contributed by atoms with Gasteiger partial charge in [0.1, 0.15) is 0 Å². The van der Waals surface area contributed by atoms with E-state index in [1.807, 2.05) is 23.9 Å². The summed E-state index contributed by atoms with van der Waals surface area (Å²) >= 11 is 8.16. The third-order valence-electron chi connectivity index (χ3n) is 2.81. The highest BCUT2D eigenvalue weighted by Gasteiger charge is 2.29. The first kappa shape index (κ1) is 10.3. The van der Waals surface area contributed by atoms with Crippen molar-refractivity contribution >= 4 is 23.4 Å². The molecule has 1 aliphatic rings. The lowest BCUT2D eigenvalue weighted by Gasteiger charge is -2.18. The zero-order valence-corrected chi connectivity index (χ0v) is 9.52. The smallest absolute Gasteiger partial charge is 0.0441 e. The van der Waals surface area contributed by atoms with Crippen LogP contribution in [0.5, 0.6) is 0 Å². The highest BCUT2D eigenvalue weighted by molar-refractivity contribution is 7.99. The molecular formula is C11H14ClNS. The summed E-state index contributed by atoms with van der Waals surface area (Å²) in [6.45, 7) is 0.767. The molecule has 2 unspecified atom stereocenters. The summed E-state index contributed by atoms with van der Waals surface area (Å²) < 4.78 is 0. The first-order chi connectivity index (χ1) is 6.83. The molecule has 76 valence electrons. The lowest BCUT2D eigenvalue weighted by atomic mass is 9.89. The quantitative estimate of drug-likeness (QED) is 0.841. The molecule has 2 rings (SSSR count). The molecule has 0 spiro atoms. The van der Waals surface area contributed by atoms with Gasteiger partial charge < -0.3 is 5.73 Å². The first-order valence-corrected chi connectivity index (χ1v) is 6.38. The van der Waals surface area contributed by atoms with Crippen LogP contribution in [0.15, 0.2) is 24.3 Å². The normalized spacial score (nSPS) is 26.7. The Morgan fingerprint density at radius 1 is 1.36 bits per heavy atom. The Balaban J connectivity index is 2.26. The van der Waals surface area contributed by atoms with Gasteiger partial charge in [0, 0.05) is 10.8 Å². The summed E-state index contributed by atoms with van der Waals surface area (Å²) in [6, 6.07) is 8.12. The predicted octanol–water partition coefficient (Wildman–Crippen LogP) is 2.75. The molecule has 3 heteroatoms. The minimum atomic E-state index is 0.554. The van der Waals surface area contributed by atoms with Crippen molar-refractivity contribution in [2.24, 2.45) is 11.7 Å². The maximum atomic E-state index is 6.18. The van der Waals surface area contributed by atoms with E-state index in [0.29, 0.717) is 11.8 Å². The third kappa shape index (κ3) is 1.92. The van der Waals surface area contributed by atoms with Gasteiger partial charge in [0.15, 0.2) is 0 Å². The van der Waals surface area contributed by atoms with Crippen LogP contribution in [0.3, 0.4) is 0 Å². The van der Waals surface area contributed by atoms with Gasteiger partial charge in [-0.1, -0.05) is 29.8 Å². The maximum Gasteiger partial charge on any atom is 0.0441 e. The number of thioether (sulfide) groups is 1. The topological polar surface area (TPSA) is 26.0 Å². The van der Waals surface area contributed by atoms with Gasteiger partial charge in [-0.15, -0.1) is 0 Å². The van der Waals surface area contributed by atoms with Crippen LogP contribution in [0, 0.1) is 5.92 Å². The number of hydrogen-bond acceptors (Lipinski definition) is 2. The molecule has 14 heavy (non-hydrogen) atoms. The molecule has 0 aliphatic carbocycles. The Labute approximate surface area is 94.0 Å². The SMILES string of the molecule is NCC1CSCC1c1ccccc1Cl. The average molecular weight is 228 g/mol. The summed E-state index contributed by atoms with van der Waals surface area (Å²) in [5.74, 6) is 3.48. The van der Waals surface area contributed by atoms with Gasteiger partial charge in [-0.25, -0.2) is 0 Å². The van der Waals surface area contributed by atoms with Crippen LogP contribution >= 0.6 is 23.4 Å². The van der Waals surface area contributed by atoms with E-state index in [4.69, 9.17) is 17.3 Å². The molecule has 1 fully saturated rings.